The van der Waals surface area contributed by atoms with Gasteiger partial charge < -0.3 is 36.3 Å². The monoisotopic (exact) mass is 214 g/mol. The SMILES string of the molecule is [Cl-].[Cl-].[NH3+]CC(Cl)(Cl)C[NH3+]. The van der Waals surface area contributed by atoms with E-state index < -0.39 is 4.33 Å². The summed E-state index contributed by atoms with van der Waals surface area (Å²) >= 11 is 11.1. The van der Waals surface area contributed by atoms with E-state index in [1.54, 1.807) is 0 Å². The Hall–Kier alpha value is 1.08. The van der Waals surface area contributed by atoms with E-state index in [4.69, 9.17) is 23.2 Å². The second-order valence-corrected chi connectivity index (χ2v) is 3.00. The number of quaternary nitrogens is 2. The Labute approximate surface area is 77.1 Å². The average Bonchev–Trinajstić information content (AvgIpc) is 1.68. The number of hydrogen-bond donors (Lipinski definition) is 2. The maximum Gasteiger partial charge on any atom is 0.214 e. The van der Waals surface area contributed by atoms with E-state index in [0.717, 1.165) is 0 Å². The van der Waals surface area contributed by atoms with Crippen LogP contribution >= 0.6 is 23.2 Å². The van der Waals surface area contributed by atoms with Gasteiger partial charge in [0.1, 0.15) is 13.1 Å². The van der Waals surface area contributed by atoms with Gasteiger partial charge >= 0.3 is 0 Å². The lowest BCUT2D eigenvalue weighted by Crippen LogP contribution is -3.00. The van der Waals surface area contributed by atoms with E-state index in [1.165, 1.54) is 0 Å². The summed E-state index contributed by atoms with van der Waals surface area (Å²) in [5, 5.41) is 0. The summed E-state index contributed by atoms with van der Waals surface area (Å²) in [6.45, 7) is 1.03. The second kappa shape index (κ2) is 7.19. The predicted octanol–water partition coefficient (Wildman–Crippen LogP) is -7.35. The number of hydrogen-bond acceptors (Lipinski definition) is 0. The largest absolute Gasteiger partial charge is 1.00 e. The van der Waals surface area contributed by atoms with Gasteiger partial charge in [-0.1, -0.05) is 23.2 Å². The van der Waals surface area contributed by atoms with Crippen molar-refractivity contribution in [3.63, 3.8) is 0 Å². The minimum absolute atomic E-state index is 0. The molecule has 0 fully saturated rings. The van der Waals surface area contributed by atoms with E-state index in [1.807, 2.05) is 0 Å². The fraction of sp³-hybridized carbons (Fsp3) is 1.00. The van der Waals surface area contributed by atoms with Crippen molar-refractivity contribution in [2.45, 2.75) is 4.33 Å². The molecule has 6 heteroatoms. The highest BCUT2D eigenvalue weighted by atomic mass is 35.5. The molecule has 6 N–H and O–H groups in total. The van der Waals surface area contributed by atoms with Crippen LogP contribution in [-0.2, 0) is 0 Å². The quantitative estimate of drug-likeness (QED) is 0.431. The predicted molar refractivity (Wildman–Crippen MR) is 29.9 cm³/mol. The first-order valence-corrected chi connectivity index (χ1v) is 2.84. The maximum atomic E-state index is 5.55. The Kier molecular flexibility index (Phi) is 13.2. The topological polar surface area (TPSA) is 55.3 Å². The smallest absolute Gasteiger partial charge is 0.214 e. The van der Waals surface area contributed by atoms with Gasteiger partial charge in [0, 0.05) is 0 Å². The Bertz CT molecular complexity index is 51.8. The summed E-state index contributed by atoms with van der Waals surface area (Å²) in [6.07, 6.45) is 0. The van der Waals surface area contributed by atoms with Crippen molar-refractivity contribution in [2.24, 2.45) is 0 Å². The van der Waals surface area contributed by atoms with Gasteiger partial charge in [-0.2, -0.15) is 0 Å². The molecule has 0 unspecified atom stereocenters. The Morgan fingerprint density at radius 1 is 1.00 bits per heavy atom. The van der Waals surface area contributed by atoms with Crippen LogP contribution in [0, 0.1) is 0 Å². The van der Waals surface area contributed by atoms with E-state index in [-0.39, 0.29) is 24.8 Å². The van der Waals surface area contributed by atoms with Crippen LogP contribution in [0.25, 0.3) is 0 Å². The van der Waals surface area contributed by atoms with Crippen LogP contribution in [0.15, 0.2) is 0 Å². The van der Waals surface area contributed by atoms with Crippen LogP contribution in [0.5, 0.6) is 0 Å². The third-order valence-corrected chi connectivity index (χ3v) is 1.49. The highest BCUT2D eigenvalue weighted by Gasteiger charge is 2.23. The van der Waals surface area contributed by atoms with Gasteiger partial charge in [0.15, 0.2) is 0 Å². The minimum atomic E-state index is -0.694. The first-order chi connectivity index (χ1) is 3.12. The molecule has 0 aliphatic carbocycles. The molecule has 0 aliphatic heterocycles. The lowest BCUT2D eigenvalue weighted by Gasteiger charge is -2.06. The van der Waals surface area contributed by atoms with Gasteiger partial charge in [0.05, 0.1) is 0 Å². The summed E-state index contributed by atoms with van der Waals surface area (Å²) in [5.74, 6) is 0. The molecule has 0 aromatic carbocycles. The first-order valence-electron chi connectivity index (χ1n) is 2.09. The van der Waals surface area contributed by atoms with Gasteiger partial charge in [0.25, 0.3) is 0 Å². The molecule has 0 aliphatic rings. The third-order valence-electron chi connectivity index (χ3n) is 0.732. The molecule has 0 heterocycles. The Balaban J connectivity index is -0.000000180. The molecule has 60 valence electrons. The first kappa shape index (κ1) is 16.6. The molecule has 0 saturated heterocycles. The van der Waals surface area contributed by atoms with Gasteiger partial charge in [-0.3, -0.25) is 0 Å². The molecule has 0 bridgehead atoms. The van der Waals surface area contributed by atoms with Gasteiger partial charge in [-0.05, 0) is 0 Å². The van der Waals surface area contributed by atoms with Gasteiger partial charge in [0.2, 0.25) is 4.33 Å². The van der Waals surface area contributed by atoms with Crippen molar-refractivity contribution >= 4 is 23.2 Å². The lowest BCUT2D eigenvalue weighted by atomic mass is 10.4. The molecular weight excluding hydrogens is 206 g/mol. The van der Waals surface area contributed by atoms with Crippen LogP contribution < -0.4 is 36.3 Å². The van der Waals surface area contributed by atoms with Gasteiger partial charge in [-0.15, -0.1) is 0 Å². The molecule has 9 heavy (non-hydrogen) atoms. The van der Waals surface area contributed by atoms with Crippen molar-refractivity contribution in [1.29, 1.82) is 0 Å². The molecular formula is C3H10Cl4N2. The second-order valence-electron chi connectivity index (χ2n) is 1.36. The maximum absolute atomic E-state index is 5.55. The molecule has 0 amide bonds. The van der Waals surface area contributed by atoms with E-state index in [9.17, 15) is 0 Å². The fourth-order valence-corrected chi connectivity index (χ4v) is 0.125. The van der Waals surface area contributed by atoms with Crippen LogP contribution in [-0.4, -0.2) is 17.4 Å². The highest BCUT2D eigenvalue weighted by molar-refractivity contribution is 6.48. The summed E-state index contributed by atoms with van der Waals surface area (Å²) in [7, 11) is 0. The van der Waals surface area contributed by atoms with Crippen molar-refractivity contribution in [1.82, 2.24) is 0 Å². The zero-order valence-corrected chi connectivity index (χ0v) is 7.86. The Morgan fingerprint density at radius 2 is 1.22 bits per heavy atom. The zero-order valence-electron chi connectivity index (χ0n) is 4.84. The molecule has 0 aromatic rings. The summed E-state index contributed by atoms with van der Waals surface area (Å²) < 4.78 is -0.694. The standard InChI is InChI=1S/C3H8Cl2N2.2ClH/c4-3(5,1-6)2-7;;/h1-2,6-7H2;2*1H. The van der Waals surface area contributed by atoms with Crippen molar-refractivity contribution in [3.05, 3.63) is 0 Å². The summed E-state index contributed by atoms with van der Waals surface area (Å²) in [4.78, 5) is 0. The molecule has 0 rings (SSSR count). The highest BCUT2D eigenvalue weighted by Crippen LogP contribution is 2.14. The van der Waals surface area contributed by atoms with Crippen LogP contribution in [0.2, 0.25) is 0 Å². The summed E-state index contributed by atoms with van der Waals surface area (Å²) in [5.41, 5.74) is 7.05. The number of rotatable bonds is 2. The average molecular weight is 216 g/mol. The fourth-order valence-electron chi connectivity index (χ4n) is 0.125. The van der Waals surface area contributed by atoms with Crippen molar-refractivity contribution in [3.8, 4) is 0 Å². The number of alkyl halides is 2. The van der Waals surface area contributed by atoms with Crippen molar-refractivity contribution < 1.29 is 36.3 Å². The van der Waals surface area contributed by atoms with Crippen LogP contribution in [0.1, 0.15) is 0 Å². The van der Waals surface area contributed by atoms with Crippen molar-refractivity contribution in [2.75, 3.05) is 13.1 Å². The molecule has 2 nitrogen and oxygen atoms in total. The lowest BCUT2D eigenvalue weighted by molar-refractivity contribution is -0.407. The van der Waals surface area contributed by atoms with E-state index in [0.29, 0.717) is 13.1 Å². The van der Waals surface area contributed by atoms with E-state index >= 15 is 0 Å². The van der Waals surface area contributed by atoms with E-state index in [2.05, 4.69) is 11.5 Å². The van der Waals surface area contributed by atoms with Crippen LogP contribution in [0.4, 0.5) is 0 Å². The number of halogens is 4. The molecule has 0 saturated carbocycles. The Morgan fingerprint density at radius 3 is 1.22 bits per heavy atom. The normalized spacial score (nSPS) is 9.33. The molecule has 0 spiro atoms. The molecule has 0 aromatic heterocycles. The summed E-state index contributed by atoms with van der Waals surface area (Å²) in [6, 6.07) is 0. The third kappa shape index (κ3) is 9.08. The molecule has 0 radical (unpaired) electrons. The van der Waals surface area contributed by atoms with Crippen LogP contribution in [0.3, 0.4) is 0 Å². The van der Waals surface area contributed by atoms with Gasteiger partial charge in [-0.25, -0.2) is 0 Å². The zero-order chi connectivity index (χ0) is 5.91. The minimum Gasteiger partial charge on any atom is -1.00 e. The molecule has 0 atom stereocenters.